The Bertz CT molecular complexity index is 396. The number of carboxylic acid groups (broad SMARTS) is 1. The molecular formula is C11H12O4. The van der Waals surface area contributed by atoms with E-state index in [1.165, 1.54) is 7.11 Å². The number of ether oxygens (including phenoxy) is 1. The van der Waals surface area contributed by atoms with Crippen LogP contribution in [-0.4, -0.2) is 24.5 Å². The average molecular weight is 208 g/mol. The van der Waals surface area contributed by atoms with Crippen LogP contribution >= 0.6 is 0 Å². The maximum Gasteiger partial charge on any atom is 0.307 e. The van der Waals surface area contributed by atoms with Crippen LogP contribution in [0, 0.1) is 6.92 Å². The fourth-order valence-corrected chi connectivity index (χ4v) is 1.43. The SMILES string of the molecule is COc1cc(C)c(C=O)c(CC(=O)O)c1. The standard InChI is InChI=1S/C11H12O4/c1-7-3-9(15-2)4-8(5-11(13)14)10(7)6-12/h3-4,6H,5H2,1-2H3,(H,13,14). The van der Waals surface area contributed by atoms with Crippen LogP contribution in [0.5, 0.6) is 5.75 Å². The predicted octanol–water partition coefficient (Wildman–Crippen LogP) is 1.44. The summed E-state index contributed by atoms with van der Waals surface area (Å²) in [6, 6.07) is 3.28. The zero-order chi connectivity index (χ0) is 11.4. The summed E-state index contributed by atoms with van der Waals surface area (Å²) in [5.41, 5.74) is 1.63. The zero-order valence-corrected chi connectivity index (χ0v) is 8.61. The highest BCUT2D eigenvalue weighted by Crippen LogP contribution is 2.21. The van der Waals surface area contributed by atoms with Crippen LogP contribution in [-0.2, 0) is 11.2 Å². The second-order valence-corrected chi connectivity index (χ2v) is 3.21. The van der Waals surface area contributed by atoms with Crippen molar-refractivity contribution in [1.29, 1.82) is 0 Å². The Labute approximate surface area is 87.5 Å². The molecule has 0 unspecified atom stereocenters. The molecule has 4 heteroatoms. The summed E-state index contributed by atoms with van der Waals surface area (Å²) in [6.45, 7) is 1.75. The topological polar surface area (TPSA) is 63.6 Å². The van der Waals surface area contributed by atoms with E-state index in [1.54, 1.807) is 19.1 Å². The van der Waals surface area contributed by atoms with Gasteiger partial charge < -0.3 is 9.84 Å². The van der Waals surface area contributed by atoms with Gasteiger partial charge in [0.1, 0.15) is 5.75 Å². The lowest BCUT2D eigenvalue weighted by Gasteiger charge is -2.08. The number of rotatable bonds is 4. The van der Waals surface area contributed by atoms with Gasteiger partial charge in [-0.25, -0.2) is 0 Å². The predicted molar refractivity (Wildman–Crippen MR) is 54.5 cm³/mol. The highest BCUT2D eigenvalue weighted by Gasteiger charge is 2.10. The summed E-state index contributed by atoms with van der Waals surface area (Å²) in [4.78, 5) is 21.4. The molecule has 0 saturated heterocycles. The summed E-state index contributed by atoms with van der Waals surface area (Å²) in [6.07, 6.45) is 0.499. The Morgan fingerprint density at radius 3 is 2.67 bits per heavy atom. The number of hydrogen-bond donors (Lipinski definition) is 1. The minimum absolute atomic E-state index is 0.174. The van der Waals surface area contributed by atoms with E-state index >= 15 is 0 Å². The molecule has 0 aliphatic carbocycles. The number of carbonyl (C=O) groups excluding carboxylic acids is 1. The van der Waals surface area contributed by atoms with Crippen LogP contribution in [0.3, 0.4) is 0 Å². The van der Waals surface area contributed by atoms with Gasteiger partial charge >= 0.3 is 5.97 Å². The molecule has 0 radical (unpaired) electrons. The van der Waals surface area contributed by atoms with Crippen molar-refractivity contribution < 1.29 is 19.4 Å². The van der Waals surface area contributed by atoms with Gasteiger partial charge in [-0.1, -0.05) is 0 Å². The van der Waals surface area contributed by atoms with E-state index in [4.69, 9.17) is 9.84 Å². The third-order valence-electron chi connectivity index (χ3n) is 2.14. The van der Waals surface area contributed by atoms with Crippen molar-refractivity contribution in [2.24, 2.45) is 0 Å². The molecule has 0 atom stereocenters. The Hall–Kier alpha value is -1.84. The third kappa shape index (κ3) is 2.56. The molecule has 15 heavy (non-hydrogen) atoms. The van der Waals surface area contributed by atoms with Crippen LogP contribution in [0.15, 0.2) is 12.1 Å². The first-order valence-corrected chi connectivity index (χ1v) is 4.43. The number of carboxylic acids is 1. The molecule has 4 nitrogen and oxygen atoms in total. The lowest BCUT2D eigenvalue weighted by atomic mass is 10.00. The minimum Gasteiger partial charge on any atom is -0.497 e. The Morgan fingerprint density at radius 1 is 1.53 bits per heavy atom. The Kier molecular flexibility index (Phi) is 3.44. The van der Waals surface area contributed by atoms with Gasteiger partial charge in [-0.15, -0.1) is 0 Å². The Morgan fingerprint density at radius 2 is 2.20 bits per heavy atom. The zero-order valence-electron chi connectivity index (χ0n) is 8.61. The van der Waals surface area contributed by atoms with Crippen LogP contribution in [0.2, 0.25) is 0 Å². The summed E-state index contributed by atoms with van der Waals surface area (Å²) < 4.78 is 5.01. The molecule has 1 aromatic rings. The van der Waals surface area contributed by atoms with Crippen molar-refractivity contribution in [3.8, 4) is 5.75 Å². The highest BCUT2D eigenvalue weighted by atomic mass is 16.5. The number of aliphatic carboxylic acids is 1. The number of aryl methyl sites for hydroxylation is 1. The second kappa shape index (κ2) is 4.59. The number of benzene rings is 1. The van der Waals surface area contributed by atoms with Gasteiger partial charge in [0, 0.05) is 5.56 Å². The van der Waals surface area contributed by atoms with Crippen molar-refractivity contribution in [2.45, 2.75) is 13.3 Å². The minimum atomic E-state index is -0.967. The average Bonchev–Trinajstić information content (AvgIpc) is 2.16. The van der Waals surface area contributed by atoms with E-state index in [0.29, 0.717) is 23.2 Å². The number of hydrogen-bond acceptors (Lipinski definition) is 3. The number of carbonyl (C=O) groups is 2. The van der Waals surface area contributed by atoms with E-state index in [-0.39, 0.29) is 6.42 Å². The van der Waals surface area contributed by atoms with Crippen LogP contribution < -0.4 is 4.74 Å². The molecule has 0 aliphatic heterocycles. The van der Waals surface area contributed by atoms with E-state index in [0.717, 1.165) is 5.56 Å². The first-order chi connectivity index (χ1) is 7.08. The first-order valence-electron chi connectivity index (χ1n) is 4.43. The highest BCUT2D eigenvalue weighted by molar-refractivity contribution is 5.83. The van der Waals surface area contributed by atoms with Gasteiger partial charge in [-0.2, -0.15) is 0 Å². The van der Waals surface area contributed by atoms with Crippen molar-refractivity contribution in [1.82, 2.24) is 0 Å². The van der Waals surface area contributed by atoms with Gasteiger partial charge in [0.05, 0.1) is 13.5 Å². The maximum absolute atomic E-state index is 10.8. The fraction of sp³-hybridized carbons (Fsp3) is 0.273. The molecule has 1 rings (SSSR count). The van der Waals surface area contributed by atoms with Crippen LogP contribution in [0.25, 0.3) is 0 Å². The monoisotopic (exact) mass is 208 g/mol. The molecule has 0 aromatic heterocycles. The van der Waals surface area contributed by atoms with Crippen LogP contribution in [0.4, 0.5) is 0 Å². The molecule has 0 bridgehead atoms. The molecule has 1 aromatic carbocycles. The van der Waals surface area contributed by atoms with Gasteiger partial charge in [0.25, 0.3) is 0 Å². The molecule has 80 valence electrons. The smallest absolute Gasteiger partial charge is 0.307 e. The van der Waals surface area contributed by atoms with Crippen LogP contribution in [0.1, 0.15) is 21.5 Å². The first kappa shape index (κ1) is 11.2. The van der Waals surface area contributed by atoms with Gasteiger partial charge in [0.15, 0.2) is 6.29 Å². The summed E-state index contributed by atoms with van der Waals surface area (Å²) in [5, 5.41) is 8.68. The molecule has 0 fully saturated rings. The van der Waals surface area contributed by atoms with Crippen molar-refractivity contribution in [2.75, 3.05) is 7.11 Å². The summed E-state index contributed by atoms with van der Waals surface area (Å²) in [7, 11) is 1.50. The van der Waals surface area contributed by atoms with Crippen molar-refractivity contribution in [3.05, 3.63) is 28.8 Å². The number of aldehydes is 1. The fourth-order valence-electron chi connectivity index (χ4n) is 1.43. The van der Waals surface area contributed by atoms with Crippen molar-refractivity contribution in [3.63, 3.8) is 0 Å². The van der Waals surface area contributed by atoms with E-state index in [1.807, 2.05) is 0 Å². The molecular weight excluding hydrogens is 196 g/mol. The summed E-state index contributed by atoms with van der Waals surface area (Å²) >= 11 is 0. The van der Waals surface area contributed by atoms with E-state index in [9.17, 15) is 9.59 Å². The maximum atomic E-state index is 10.8. The number of methoxy groups -OCH3 is 1. The van der Waals surface area contributed by atoms with E-state index < -0.39 is 5.97 Å². The lowest BCUT2D eigenvalue weighted by Crippen LogP contribution is -2.05. The third-order valence-corrected chi connectivity index (χ3v) is 2.14. The normalized spacial score (nSPS) is 9.73. The molecule has 0 amide bonds. The molecule has 0 heterocycles. The lowest BCUT2D eigenvalue weighted by molar-refractivity contribution is -0.136. The van der Waals surface area contributed by atoms with E-state index in [2.05, 4.69) is 0 Å². The van der Waals surface area contributed by atoms with Gasteiger partial charge in [0.2, 0.25) is 0 Å². The quantitative estimate of drug-likeness (QED) is 0.760. The molecule has 0 saturated carbocycles. The molecule has 0 spiro atoms. The summed E-state index contributed by atoms with van der Waals surface area (Å²) in [5.74, 6) is -0.403. The molecule has 0 aliphatic rings. The van der Waals surface area contributed by atoms with Crippen molar-refractivity contribution >= 4 is 12.3 Å². The largest absolute Gasteiger partial charge is 0.497 e. The Balaban J connectivity index is 3.25. The van der Waals surface area contributed by atoms with Gasteiger partial charge in [-0.3, -0.25) is 9.59 Å². The molecule has 1 N–H and O–H groups in total. The second-order valence-electron chi connectivity index (χ2n) is 3.21. The van der Waals surface area contributed by atoms with Gasteiger partial charge in [-0.05, 0) is 30.2 Å².